The van der Waals surface area contributed by atoms with Crippen LogP contribution in [0.3, 0.4) is 0 Å². The number of nitrogens with one attached hydrogen (secondary N) is 1. The van der Waals surface area contributed by atoms with Crippen LogP contribution in [0.25, 0.3) is 21.3 Å². The van der Waals surface area contributed by atoms with E-state index in [-0.39, 0.29) is 17.4 Å². The summed E-state index contributed by atoms with van der Waals surface area (Å²) in [4.78, 5) is 31.7. The first-order chi connectivity index (χ1) is 15.8. The minimum absolute atomic E-state index is 0.216. The highest BCUT2D eigenvalue weighted by Gasteiger charge is 2.24. The lowest BCUT2D eigenvalue weighted by Gasteiger charge is -2.16. The fourth-order valence-corrected chi connectivity index (χ4v) is 5.30. The van der Waals surface area contributed by atoms with Crippen LogP contribution >= 0.6 is 22.7 Å². The van der Waals surface area contributed by atoms with E-state index in [0.29, 0.717) is 27.7 Å². The Morgan fingerprint density at radius 2 is 1.82 bits per heavy atom. The molecule has 0 aliphatic heterocycles. The number of nitrogens with zero attached hydrogens (tertiary/aromatic N) is 4. The molecular formula is C24H27N5O2S2. The molecule has 0 fully saturated rings. The minimum atomic E-state index is -0.697. The molecule has 1 atom stereocenters. The van der Waals surface area contributed by atoms with Gasteiger partial charge in [0.1, 0.15) is 15.9 Å². The summed E-state index contributed by atoms with van der Waals surface area (Å²) in [6.07, 6.45) is 1.91. The summed E-state index contributed by atoms with van der Waals surface area (Å²) in [7, 11) is 0. The molecule has 4 aromatic rings. The number of aromatic nitrogens is 4. The second-order valence-electron chi connectivity index (χ2n) is 8.58. The lowest BCUT2D eigenvalue weighted by Crippen LogP contribution is -2.33. The van der Waals surface area contributed by atoms with Gasteiger partial charge in [0.15, 0.2) is 0 Å². The molecule has 1 aromatic carbocycles. The van der Waals surface area contributed by atoms with Crippen LogP contribution in [0.2, 0.25) is 0 Å². The van der Waals surface area contributed by atoms with Crippen LogP contribution in [-0.4, -0.2) is 25.7 Å². The van der Waals surface area contributed by atoms with Gasteiger partial charge in [-0.2, -0.15) is 0 Å². The summed E-state index contributed by atoms with van der Waals surface area (Å²) < 4.78 is 1.43. The summed E-state index contributed by atoms with van der Waals surface area (Å²) in [5.41, 5.74) is 2.84. The second-order valence-corrected chi connectivity index (χ2v) is 10.4. The summed E-state index contributed by atoms with van der Waals surface area (Å²) in [6, 6.07) is 7.57. The van der Waals surface area contributed by atoms with Gasteiger partial charge in [-0.3, -0.25) is 19.5 Å². The first-order valence-electron chi connectivity index (χ1n) is 11.0. The van der Waals surface area contributed by atoms with Crippen molar-refractivity contribution >= 4 is 43.9 Å². The maximum absolute atomic E-state index is 13.5. The van der Waals surface area contributed by atoms with Crippen molar-refractivity contribution in [3.8, 4) is 11.1 Å². The van der Waals surface area contributed by atoms with Gasteiger partial charge in [-0.15, -0.1) is 21.5 Å². The fraction of sp³-hybridized carbons (Fsp3) is 0.375. The van der Waals surface area contributed by atoms with Gasteiger partial charge in [-0.05, 0) is 23.5 Å². The Morgan fingerprint density at radius 1 is 1.09 bits per heavy atom. The summed E-state index contributed by atoms with van der Waals surface area (Å²) >= 11 is 2.78. The molecule has 7 nitrogen and oxygen atoms in total. The maximum Gasteiger partial charge on any atom is 0.263 e. The molecule has 0 saturated carbocycles. The van der Waals surface area contributed by atoms with E-state index in [9.17, 15) is 9.59 Å². The van der Waals surface area contributed by atoms with Gasteiger partial charge in [-0.1, -0.05) is 70.2 Å². The van der Waals surface area contributed by atoms with Crippen molar-refractivity contribution in [3.05, 3.63) is 56.9 Å². The molecule has 0 saturated heterocycles. The molecule has 0 spiro atoms. The number of anilines is 1. The first kappa shape index (κ1) is 23.3. The van der Waals surface area contributed by atoms with Crippen LogP contribution in [0.5, 0.6) is 0 Å². The van der Waals surface area contributed by atoms with Crippen LogP contribution in [0.4, 0.5) is 5.13 Å². The zero-order chi connectivity index (χ0) is 23.7. The number of fused-ring (bicyclic) bond motifs is 1. The third-order valence-corrected chi connectivity index (χ3v) is 7.62. The lowest BCUT2D eigenvalue weighted by atomic mass is 9.99. The van der Waals surface area contributed by atoms with Crippen molar-refractivity contribution in [1.29, 1.82) is 0 Å². The standard InChI is InChI=1S/C24H27N5O2S2/c1-6-18(20(30)26-24-28-27-21(33-24)14(4)5)29-12-25-22-19(23(29)31)17(11-32-22)16-9-7-15(8-10-16)13(2)3/h7-14,18H,6H2,1-5H3,(H,26,28,30). The Labute approximate surface area is 200 Å². The van der Waals surface area contributed by atoms with E-state index in [0.717, 1.165) is 16.1 Å². The molecule has 9 heteroatoms. The van der Waals surface area contributed by atoms with E-state index in [1.165, 1.54) is 39.1 Å². The summed E-state index contributed by atoms with van der Waals surface area (Å²) in [5.74, 6) is 0.367. The average molecular weight is 482 g/mol. The Balaban J connectivity index is 1.69. The highest BCUT2D eigenvalue weighted by atomic mass is 32.1. The first-order valence-corrected chi connectivity index (χ1v) is 12.7. The van der Waals surface area contributed by atoms with Crippen molar-refractivity contribution in [2.75, 3.05) is 5.32 Å². The number of thiophene rings is 1. The zero-order valence-electron chi connectivity index (χ0n) is 19.3. The Bertz CT molecular complexity index is 1340. The van der Waals surface area contributed by atoms with Crippen LogP contribution in [0, 0.1) is 0 Å². The van der Waals surface area contributed by atoms with Gasteiger partial charge >= 0.3 is 0 Å². The van der Waals surface area contributed by atoms with Crippen molar-refractivity contribution < 1.29 is 4.79 Å². The van der Waals surface area contributed by atoms with E-state index < -0.39 is 6.04 Å². The van der Waals surface area contributed by atoms with E-state index in [1.807, 2.05) is 38.3 Å². The van der Waals surface area contributed by atoms with Crippen molar-refractivity contribution in [1.82, 2.24) is 19.7 Å². The third kappa shape index (κ3) is 4.60. The third-order valence-electron chi connectivity index (χ3n) is 5.60. The van der Waals surface area contributed by atoms with Gasteiger partial charge in [0.25, 0.3) is 5.56 Å². The molecule has 1 amide bonds. The number of hydrogen-bond donors (Lipinski definition) is 1. The van der Waals surface area contributed by atoms with Gasteiger partial charge in [0.05, 0.1) is 11.7 Å². The van der Waals surface area contributed by atoms with Gasteiger partial charge in [0.2, 0.25) is 11.0 Å². The van der Waals surface area contributed by atoms with Gasteiger partial charge in [-0.25, -0.2) is 4.98 Å². The normalized spacial score (nSPS) is 12.6. The highest BCUT2D eigenvalue weighted by Crippen LogP contribution is 2.32. The average Bonchev–Trinajstić information content (AvgIpc) is 3.43. The highest BCUT2D eigenvalue weighted by molar-refractivity contribution is 7.17. The Kier molecular flexibility index (Phi) is 6.71. The molecule has 1 N–H and O–H groups in total. The van der Waals surface area contributed by atoms with Crippen molar-refractivity contribution in [3.63, 3.8) is 0 Å². The largest absolute Gasteiger partial charge is 0.299 e. The fourth-order valence-electron chi connectivity index (χ4n) is 3.64. The molecule has 0 radical (unpaired) electrons. The Morgan fingerprint density at radius 3 is 2.42 bits per heavy atom. The number of rotatable bonds is 7. The molecule has 172 valence electrons. The summed E-state index contributed by atoms with van der Waals surface area (Å²) in [5, 5.41) is 14.8. The number of hydrogen-bond acceptors (Lipinski definition) is 7. The molecule has 0 aliphatic rings. The zero-order valence-corrected chi connectivity index (χ0v) is 21.0. The predicted octanol–water partition coefficient (Wildman–Crippen LogP) is 5.81. The molecule has 0 aliphatic carbocycles. The van der Waals surface area contributed by atoms with Crippen molar-refractivity contribution in [2.24, 2.45) is 0 Å². The van der Waals surface area contributed by atoms with Crippen LogP contribution in [-0.2, 0) is 4.79 Å². The van der Waals surface area contributed by atoms with Gasteiger partial charge < -0.3 is 0 Å². The lowest BCUT2D eigenvalue weighted by molar-refractivity contribution is -0.119. The molecule has 3 heterocycles. The van der Waals surface area contributed by atoms with E-state index in [4.69, 9.17) is 0 Å². The number of carbonyl (C=O) groups excluding carboxylic acids is 1. The SMILES string of the molecule is CCC(C(=O)Nc1nnc(C(C)C)s1)n1cnc2scc(-c3ccc(C(C)C)cc3)c2c1=O. The summed E-state index contributed by atoms with van der Waals surface area (Å²) in [6.45, 7) is 10.2. The molecular weight excluding hydrogens is 454 g/mol. The smallest absolute Gasteiger partial charge is 0.263 e. The van der Waals surface area contributed by atoms with E-state index >= 15 is 0 Å². The molecule has 4 rings (SSSR count). The molecule has 33 heavy (non-hydrogen) atoms. The molecule has 3 aromatic heterocycles. The molecule has 1 unspecified atom stereocenters. The van der Waals surface area contributed by atoms with Crippen LogP contribution in [0.15, 0.2) is 40.8 Å². The quantitative estimate of drug-likeness (QED) is 0.360. The minimum Gasteiger partial charge on any atom is -0.299 e. The topological polar surface area (TPSA) is 89.8 Å². The number of benzene rings is 1. The van der Waals surface area contributed by atoms with Crippen LogP contribution in [0.1, 0.15) is 69.5 Å². The predicted molar refractivity (Wildman–Crippen MR) is 135 cm³/mol. The number of carbonyl (C=O) groups is 1. The van der Waals surface area contributed by atoms with E-state index in [1.54, 1.807) is 0 Å². The van der Waals surface area contributed by atoms with Crippen LogP contribution < -0.4 is 10.9 Å². The maximum atomic E-state index is 13.5. The monoisotopic (exact) mass is 481 g/mol. The van der Waals surface area contributed by atoms with Gasteiger partial charge in [0, 0.05) is 16.9 Å². The van der Waals surface area contributed by atoms with Crippen molar-refractivity contribution in [2.45, 2.75) is 58.9 Å². The molecule has 0 bridgehead atoms. The number of amides is 1. The second kappa shape index (κ2) is 9.52. The Hall–Kier alpha value is -2.91. The van der Waals surface area contributed by atoms with E-state index in [2.05, 4.69) is 46.5 Å².